The number of nitrogens with zero attached hydrogens (tertiary/aromatic N) is 2. The molecule has 7 heteroatoms. The first-order valence-corrected chi connectivity index (χ1v) is 8.10. The summed E-state index contributed by atoms with van der Waals surface area (Å²) in [5.74, 6) is -0.891. The second-order valence-corrected chi connectivity index (χ2v) is 6.24. The van der Waals surface area contributed by atoms with Gasteiger partial charge in [-0.15, -0.1) is 0 Å². The quantitative estimate of drug-likeness (QED) is 0.754. The zero-order valence-corrected chi connectivity index (χ0v) is 14.8. The van der Waals surface area contributed by atoms with Gasteiger partial charge in [-0.1, -0.05) is 6.07 Å². The molecule has 0 unspecified atom stereocenters. The number of halogens is 1. The van der Waals surface area contributed by atoms with Crippen LogP contribution in [0.4, 0.5) is 10.1 Å². The molecule has 0 fully saturated rings. The highest BCUT2D eigenvalue weighted by Gasteiger charge is 2.14. The topological polar surface area (TPSA) is 78.1 Å². The van der Waals surface area contributed by atoms with Gasteiger partial charge in [0.2, 0.25) is 5.43 Å². The molecule has 0 saturated carbocycles. The molecule has 0 spiro atoms. The monoisotopic (exact) mass is 354 g/mol. The van der Waals surface area contributed by atoms with E-state index in [-0.39, 0.29) is 17.9 Å². The number of amides is 1. The fourth-order valence-corrected chi connectivity index (χ4v) is 2.67. The van der Waals surface area contributed by atoms with Gasteiger partial charge < -0.3 is 15.2 Å². The molecule has 1 amide bonds. The Morgan fingerprint density at radius 3 is 2.73 bits per heavy atom. The number of nitrogens with one attached hydrogen (secondary N) is 2. The van der Waals surface area contributed by atoms with Crippen LogP contribution in [0.25, 0.3) is 11.0 Å². The number of aromatic nitrogens is 2. The fourth-order valence-electron chi connectivity index (χ4n) is 2.67. The molecule has 0 bridgehead atoms. The van der Waals surface area contributed by atoms with E-state index in [1.165, 1.54) is 12.3 Å². The van der Waals surface area contributed by atoms with E-state index in [9.17, 15) is 14.0 Å². The zero-order chi connectivity index (χ0) is 18.8. The number of hydrogen-bond donors (Lipinski definition) is 2. The van der Waals surface area contributed by atoms with E-state index < -0.39 is 11.3 Å². The third-order valence-corrected chi connectivity index (χ3v) is 4.07. The molecule has 0 aliphatic rings. The number of aromatic amines is 1. The summed E-state index contributed by atoms with van der Waals surface area (Å²) >= 11 is 0. The molecule has 6 nitrogen and oxygen atoms in total. The highest BCUT2D eigenvalue weighted by molar-refractivity contribution is 5.96. The van der Waals surface area contributed by atoms with Gasteiger partial charge in [-0.25, -0.2) is 9.37 Å². The van der Waals surface area contributed by atoms with Gasteiger partial charge in [-0.05, 0) is 36.8 Å². The maximum Gasteiger partial charge on any atom is 0.257 e. The fraction of sp³-hybridized carbons (Fsp3) is 0.211. The van der Waals surface area contributed by atoms with Crippen molar-refractivity contribution in [3.05, 3.63) is 69.4 Å². The number of fused-ring (bicyclic) bond motifs is 1. The van der Waals surface area contributed by atoms with Crippen LogP contribution in [-0.4, -0.2) is 30.0 Å². The molecule has 0 saturated heterocycles. The molecule has 2 N–H and O–H groups in total. The molecule has 0 aliphatic carbocycles. The van der Waals surface area contributed by atoms with Crippen LogP contribution in [0.15, 0.2) is 41.3 Å². The summed E-state index contributed by atoms with van der Waals surface area (Å²) in [7, 11) is 3.50. The van der Waals surface area contributed by atoms with E-state index in [1.54, 1.807) is 43.3 Å². The Balaban J connectivity index is 1.79. The number of H-pyrrole nitrogens is 1. The minimum Gasteiger partial charge on any atom is -0.375 e. The number of aryl methyl sites for hydroxylation is 1. The molecule has 26 heavy (non-hydrogen) atoms. The minimum absolute atomic E-state index is 0.00598. The summed E-state index contributed by atoms with van der Waals surface area (Å²) in [4.78, 5) is 33.6. The number of carbonyl (C=O) groups is 1. The largest absolute Gasteiger partial charge is 0.375 e. The number of anilines is 1. The molecule has 1 aromatic carbocycles. The summed E-state index contributed by atoms with van der Waals surface area (Å²) in [5.41, 5.74) is 1.89. The van der Waals surface area contributed by atoms with Crippen LogP contribution in [0.3, 0.4) is 0 Å². The summed E-state index contributed by atoms with van der Waals surface area (Å²) < 4.78 is 14.0. The Hall–Kier alpha value is -3.22. The van der Waals surface area contributed by atoms with Gasteiger partial charge in [0.25, 0.3) is 5.91 Å². The number of benzene rings is 1. The van der Waals surface area contributed by atoms with Crippen molar-refractivity contribution < 1.29 is 9.18 Å². The van der Waals surface area contributed by atoms with E-state index in [2.05, 4.69) is 15.3 Å². The first kappa shape index (κ1) is 17.6. The summed E-state index contributed by atoms with van der Waals surface area (Å²) in [5, 5.41) is 3.00. The van der Waals surface area contributed by atoms with Gasteiger partial charge in [-0.2, -0.15) is 0 Å². The SMILES string of the molecule is Cc1ccc2c(=O)c(C(=O)NCc3ccc(N(C)C)c(F)c3)c[nH]c2n1. The predicted octanol–water partition coefficient (Wildman–Crippen LogP) is 2.37. The van der Waals surface area contributed by atoms with Crippen molar-refractivity contribution in [3.8, 4) is 0 Å². The third-order valence-electron chi connectivity index (χ3n) is 4.07. The second kappa shape index (κ2) is 6.95. The lowest BCUT2D eigenvalue weighted by Gasteiger charge is -2.14. The Kier molecular flexibility index (Phi) is 4.71. The van der Waals surface area contributed by atoms with Crippen LogP contribution in [0, 0.1) is 12.7 Å². The van der Waals surface area contributed by atoms with E-state index in [0.29, 0.717) is 22.3 Å². The maximum atomic E-state index is 14.0. The first-order chi connectivity index (χ1) is 12.4. The Labute approximate surface area is 149 Å². The van der Waals surface area contributed by atoms with E-state index in [4.69, 9.17) is 0 Å². The van der Waals surface area contributed by atoms with Crippen molar-refractivity contribution in [1.82, 2.24) is 15.3 Å². The van der Waals surface area contributed by atoms with Gasteiger partial charge in [0.15, 0.2) is 0 Å². The lowest BCUT2D eigenvalue weighted by molar-refractivity contribution is 0.0949. The Morgan fingerprint density at radius 1 is 1.27 bits per heavy atom. The molecule has 0 radical (unpaired) electrons. The van der Waals surface area contributed by atoms with Gasteiger partial charge in [0.05, 0.1) is 11.1 Å². The van der Waals surface area contributed by atoms with Crippen molar-refractivity contribution >= 4 is 22.6 Å². The molecule has 3 rings (SSSR count). The molecule has 2 heterocycles. The average Bonchev–Trinajstić information content (AvgIpc) is 2.59. The van der Waals surface area contributed by atoms with Gasteiger partial charge in [-0.3, -0.25) is 9.59 Å². The normalized spacial score (nSPS) is 10.8. The van der Waals surface area contributed by atoms with Crippen molar-refractivity contribution in [1.29, 1.82) is 0 Å². The number of hydrogen-bond acceptors (Lipinski definition) is 4. The third kappa shape index (κ3) is 3.42. The molecule has 3 aromatic rings. The molecule has 2 aromatic heterocycles. The van der Waals surface area contributed by atoms with Crippen molar-refractivity contribution in [2.24, 2.45) is 0 Å². The van der Waals surface area contributed by atoms with Crippen molar-refractivity contribution in [3.63, 3.8) is 0 Å². The van der Waals surface area contributed by atoms with Gasteiger partial charge >= 0.3 is 0 Å². The predicted molar refractivity (Wildman–Crippen MR) is 99.0 cm³/mol. The van der Waals surface area contributed by atoms with Gasteiger partial charge in [0.1, 0.15) is 17.0 Å². The van der Waals surface area contributed by atoms with Crippen LogP contribution >= 0.6 is 0 Å². The summed E-state index contributed by atoms with van der Waals surface area (Å²) in [6.45, 7) is 1.94. The maximum absolute atomic E-state index is 14.0. The lowest BCUT2D eigenvalue weighted by atomic mass is 10.1. The highest BCUT2D eigenvalue weighted by atomic mass is 19.1. The second-order valence-electron chi connectivity index (χ2n) is 6.24. The standard InChI is InChI=1S/C19H19FN4O2/c1-11-4-6-13-17(25)14(10-21-18(13)23-11)19(26)22-9-12-5-7-16(24(2)3)15(20)8-12/h4-8,10H,9H2,1-3H3,(H,22,26)(H,21,23,25). The van der Waals surface area contributed by atoms with Crippen LogP contribution in [0.5, 0.6) is 0 Å². The highest BCUT2D eigenvalue weighted by Crippen LogP contribution is 2.18. The zero-order valence-electron chi connectivity index (χ0n) is 14.8. The van der Waals surface area contributed by atoms with Crippen molar-refractivity contribution in [2.45, 2.75) is 13.5 Å². The number of pyridine rings is 2. The number of carbonyl (C=O) groups excluding carboxylic acids is 1. The van der Waals surface area contributed by atoms with Crippen molar-refractivity contribution in [2.75, 3.05) is 19.0 Å². The smallest absolute Gasteiger partial charge is 0.257 e. The van der Waals surface area contributed by atoms with E-state index in [0.717, 1.165) is 5.69 Å². The lowest BCUT2D eigenvalue weighted by Crippen LogP contribution is -2.28. The van der Waals surface area contributed by atoms with Crippen LogP contribution < -0.4 is 15.6 Å². The molecule has 134 valence electrons. The summed E-state index contributed by atoms with van der Waals surface area (Å²) in [6.07, 6.45) is 1.35. The molecule has 0 aliphatic heterocycles. The van der Waals surface area contributed by atoms with Crippen LogP contribution in [0.1, 0.15) is 21.6 Å². The van der Waals surface area contributed by atoms with Crippen LogP contribution in [-0.2, 0) is 6.54 Å². The molecule has 0 atom stereocenters. The van der Waals surface area contributed by atoms with Crippen LogP contribution in [0.2, 0.25) is 0 Å². The molecular weight excluding hydrogens is 335 g/mol. The first-order valence-electron chi connectivity index (χ1n) is 8.10. The van der Waals surface area contributed by atoms with Gasteiger partial charge in [0, 0.05) is 32.5 Å². The minimum atomic E-state index is -0.522. The average molecular weight is 354 g/mol. The summed E-state index contributed by atoms with van der Waals surface area (Å²) in [6, 6.07) is 8.10. The van der Waals surface area contributed by atoms with E-state index >= 15 is 0 Å². The Bertz CT molecular complexity index is 1040. The van der Waals surface area contributed by atoms with E-state index in [1.807, 2.05) is 6.92 Å². The molecular formula is C19H19FN4O2. The Morgan fingerprint density at radius 2 is 2.04 bits per heavy atom. The number of rotatable bonds is 4.